The summed E-state index contributed by atoms with van der Waals surface area (Å²) in [5.41, 5.74) is 0.699. The molecule has 0 aliphatic heterocycles. The van der Waals surface area contributed by atoms with Crippen molar-refractivity contribution in [1.82, 2.24) is 14.3 Å². The molecule has 7 heteroatoms. The maximum atomic E-state index is 12.1. The third kappa shape index (κ3) is 3.19. The predicted molar refractivity (Wildman–Crippen MR) is 69.8 cm³/mol. The second-order valence-electron chi connectivity index (χ2n) is 4.14. The monoisotopic (exact) mass is 281 g/mol. The molecule has 0 aliphatic rings. The zero-order valence-corrected chi connectivity index (χ0v) is 11.2. The topological polar surface area (TPSA) is 84.2 Å². The van der Waals surface area contributed by atoms with Gasteiger partial charge in [-0.25, -0.2) is 13.4 Å². The van der Waals surface area contributed by atoms with E-state index in [0.29, 0.717) is 5.56 Å². The van der Waals surface area contributed by atoms with Crippen LogP contribution in [-0.4, -0.2) is 29.7 Å². The Morgan fingerprint density at radius 1 is 1.37 bits per heavy atom. The SMILES string of the molecule is Cn1cnc(S(=O)(=O)NC(CO)c2ccccc2)c1. The lowest BCUT2D eigenvalue weighted by atomic mass is 10.1. The summed E-state index contributed by atoms with van der Waals surface area (Å²) in [4.78, 5) is 3.80. The number of aliphatic hydroxyl groups excluding tert-OH is 1. The molecule has 0 amide bonds. The standard InChI is InChI=1S/C12H15N3O3S/c1-15-7-12(13-9-15)19(17,18)14-11(8-16)10-5-3-2-4-6-10/h2-7,9,11,14,16H,8H2,1H3. The van der Waals surface area contributed by atoms with Gasteiger partial charge in [0.05, 0.1) is 19.0 Å². The first kappa shape index (κ1) is 13.7. The molecule has 0 saturated carbocycles. The molecule has 1 aromatic heterocycles. The minimum Gasteiger partial charge on any atom is -0.394 e. The van der Waals surface area contributed by atoms with Crippen molar-refractivity contribution in [3.63, 3.8) is 0 Å². The van der Waals surface area contributed by atoms with Crippen LogP contribution in [0.5, 0.6) is 0 Å². The van der Waals surface area contributed by atoms with Crippen LogP contribution >= 0.6 is 0 Å². The maximum Gasteiger partial charge on any atom is 0.260 e. The van der Waals surface area contributed by atoms with Gasteiger partial charge in [-0.3, -0.25) is 0 Å². The number of aromatic nitrogens is 2. The second kappa shape index (κ2) is 5.52. The zero-order chi connectivity index (χ0) is 13.9. The number of benzene rings is 1. The lowest BCUT2D eigenvalue weighted by molar-refractivity contribution is 0.259. The third-order valence-corrected chi connectivity index (χ3v) is 3.99. The molecule has 1 aromatic carbocycles. The molecule has 6 nitrogen and oxygen atoms in total. The van der Waals surface area contributed by atoms with Crippen molar-refractivity contribution >= 4 is 10.0 Å². The quantitative estimate of drug-likeness (QED) is 0.832. The van der Waals surface area contributed by atoms with Crippen LogP contribution in [0.1, 0.15) is 11.6 Å². The van der Waals surface area contributed by atoms with Crippen LogP contribution < -0.4 is 4.72 Å². The van der Waals surface area contributed by atoms with Gasteiger partial charge in [-0.05, 0) is 5.56 Å². The Kier molecular flexibility index (Phi) is 3.98. The molecule has 2 N–H and O–H groups in total. The molecule has 0 bridgehead atoms. The molecule has 0 aliphatic carbocycles. The molecule has 0 spiro atoms. The van der Waals surface area contributed by atoms with E-state index in [0.717, 1.165) is 0 Å². The second-order valence-corrected chi connectivity index (χ2v) is 5.81. The van der Waals surface area contributed by atoms with E-state index in [-0.39, 0.29) is 11.6 Å². The highest BCUT2D eigenvalue weighted by molar-refractivity contribution is 7.89. The Balaban J connectivity index is 2.23. The number of nitrogens with zero attached hydrogens (tertiary/aromatic N) is 2. The van der Waals surface area contributed by atoms with E-state index in [1.54, 1.807) is 35.9 Å². The van der Waals surface area contributed by atoms with Crippen LogP contribution in [0.15, 0.2) is 47.9 Å². The fourth-order valence-electron chi connectivity index (χ4n) is 1.67. The van der Waals surface area contributed by atoms with E-state index in [2.05, 4.69) is 9.71 Å². The van der Waals surface area contributed by atoms with Crippen molar-refractivity contribution in [2.45, 2.75) is 11.1 Å². The summed E-state index contributed by atoms with van der Waals surface area (Å²) >= 11 is 0. The van der Waals surface area contributed by atoms with Crippen molar-refractivity contribution in [2.24, 2.45) is 7.05 Å². The van der Waals surface area contributed by atoms with Crippen LogP contribution in [-0.2, 0) is 17.1 Å². The van der Waals surface area contributed by atoms with Crippen LogP contribution in [0.25, 0.3) is 0 Å². The van der Waals surface area contributed by atoms with E-state index < -0.39 is 16.1 Å². The fraction of sp³-hybridized carbons (Fsp3) is 0.250. The Labute approximate surface area is 111 Å². The Hall–Kier alpha value is -1.70. The molecular formula is C12H15N3O3S. The average Bonchev–Trinajstić information content (AvgIpc) is 2.85. The van der Waals surface area contributed by atoms with Crippen LogP contribution in [0.4, 0.5) is 0 Å². The summed E-state index contributed by atoms with van der Waals surface area (Å²) in [6.45, 7) is -0.323. The predicted octanol–water partition coefficient (Wildman–Crippen LogP) is 0.432. The van der Waals surface area contributed by atoms with Crippen molar-refractivity contribution in [1.29, 1.82) is 0 Å². The Morgan fingerprint density at radius 2 is 2.05 bits per heavy atom. The third-order valence-electron chi connectivity index (χ3n) is 2.64. The highest BCUT2D eigenvalue weighted by atomic mass is 32.2. The van der Waals surface area contributed by atoms with Gasteiger partial charge in [-0.1, -0.05) is 30.3 Å². The van der Waals surface area contributed by atoms with Crippen LogP contribution in [0, 0.1) is 0 Å². The van der Waals surface area contributed by atoms with E-state index in [1.807, 2.05) is 6.07 Å². The number of aliphatic hydroxyl groups is 1. The normalized spacial score (nSPS) is 13.4. The number of nitrogens with one attached hydrogen (secondary N) is 1. The molecular weight excluding hydrogens is 266 g/mol. The van der Waals surface area contributed by atoms with Crippen molar-refractivity contribution in [2.75, 3.05) is 6.61 Å². The lowest BCUT2D eigenvalue weighted by Crippen LogP contribution is -2.31. The summed E-state index contributed by atoms with van der Waals surface area (Å²) in [6, 6.07) is 8.21. The van der Waals surface area contributed by atoms with Gasteiger partial charge >= 0.3 is 0 Å². The molecule has 102 valence electrons. The molecule has 1 heterocycles. The van der Waals surface area contributed by atoms with Gasteiger partial charge < -0.3 is 9.67 Å². The first-order valence-corrected chi connectivity index (χ1v) is 7.17. The minimum absolute atomic E-state index is 0.0654. The van der Waals surface area contributed by atoms with Gasteiger partial charge in [0.25, 0.3) is 10.0 Å². The van der Waals surface area contributed by atoms with Gasteiger partial charge in [0.2, 0.25) is 0 Å². The summed E-state index contributed by atoms with van der Waals surface area (Å²) in [5.74, 6) is 0. The average molecular weight is 281 g/mol. The van der Waals surface area contributed by atoms with Gasteiger partial charge in [0.1, 0.15) is 0 Å². The molecule has 0 radical (unpaired) electrons. The Bertz CT molecular complexity index is 637. The molecule has 0 fully saturated rings. The van der Waals surface area contributed by atoms with Crippen molar-refractivity contribution in [3.05, 3.63) is 48.4 Å². The minimum atomic E-state index is -3.74. The van der Waals surface area contributed by atoms with Gasteiger partial charge in [-0.15, -0.1) is 0 Å². The van der Waals surface area contributed by atoms with Crippen molar-refractivity contribution in [3.8, 4) is 0 Å². The molecule has 2 rings (SSSR count). The maximum absolute atomic E-state index is 12.1. The summed E-state index contributed by atoms with van der Waals surface area (Å²) in [6.07, 6.45) is 2.81. The lowest BCUT2D eigenvalue weighted by Gasteiger charge is -2.15. The largest absolute Gasteiger partial charge is 0.394 e. The van der Waals surface area contributed by atoms with Crippen LogP contribution in [0.2, 0.25) is 0 Å². The highest BCUT2D eigenvalue weighted by Gasteiger charge is 2.22. The molecule has 1 atom stereocenters. The van der Waals surface area contributed by atoms with Gasteiger partial charge in [0, 0.05) is 13.2 Å². The summed E-state index contributed by atoms with van der Waals surface area (Å²) in [7, 11) is -2.05. The number of hydrogen-bond acceptors (Lipinski definition) is 4. The highest BCUT2D eigenvalue weighted by Crippen LogP contribution is 2.15. The summed E-state index contributed by atoms with van der Waals surface area (Å²) < 4.78 is 28.2. The van der Waals surface area contributed by atoms with E-state index in [9.17, 15) is 13.5 Å². The first-order valence-electron chi connectivity index (χ1n) is 5.69. The molecule has 19 heavy (non-hydrogen) atoms. The molecule has 0 saturated heterocycles. The number of imidazole rings is 1. The van der Waals surface area contributed by atoms with E-state index >= 15 is 0 Å². The van der Waals surface area contributed by atoms with Gasteiger partial charge in [0.15, 0.2) is 5.03 Å². The number of sulfonamides is 1. The number of rotatable bonds is 5. The molecule has 1 unspecified atom stereocenters. The smallest absolute Gasteiger partial charge is 0.260 e. The van der Waals surface area contributed by atoms with Crippen molar-refractivity contribution < 1.29 is 13.5 Å². The Morgan fingerprint density at radius 3 is 2.58 bits per heavy atom. The molecule has 2 aromatic rings. The summed E-state index contributed by atoms with van der Waals surface area (Å²) in [5, 5.41) is 9.28. The fourth-order valence-corrected chi connectivity index (χ4v) is 2.87. The van der Waals surface area contributed by atoms with Crippen LogP contribution in [0.3, 0.4) is 0 Å². The number of hydrogen-bond donors (Lipinski definition) is 2. The number of aryl methyl sites for hydroxylation is 1. The van der Waals surface area contributed by atoms with E-state index in [1.165, 1.54) is 12.5 Å². The zero-order valence-electron chi connectivity index (χ0n) is 10.4. The van der Waals surface area contributed by atoms with Gasteiger partial charge in [-0.2, -0.15) is 4.72 Å². The van der Waals surface area contributed by atoms with E-state index in [4.69, 9.17) is 0 Å². The first-order chi connectivity index (χ1) is 9.03.